The Labute approximate surface area is 110 Å². The van der Waals surface area contributed by atoms with Gasteiger partial charge in [0.05, 0.1) is 12.4 Å². The Balaban J connectivity index is 1.69. The van der Waals surface area contributed by atoms with Gasteiger partial charge in [-0.25, -0.2) is 14.8 Å². The van der Waals surface area contributed by atoms with Crippen LogP contribution in [0.1, 0.15) is 21.6 Å². The Bertz CT molecular complexity index is 585. The largest absolute Gasteiger partial charge is 0.476 e. The fourth-order valence-electron chi connectivity index (χ4n) is 2.38. The molecule has 0 spiro atoms. The minimum atomic E-state index is -1.06. The molecule has 96 valence electrons. The first kappa shape index (κ1) is 11.6. The summed E-state index contributed by atoms with van der Waals surface area (Å²) in [5.41, 5.74) is 2.67. The molecule has 0 amide bonds. The van der Waals surface area contributed by atoms with Crippen LogP contribution >= 0.6 is 0 Å². The lowest BCUT2D eigenvalue weighted by Gasteiger charge is -2.12. The fourth-order valence-corrected chi connectivity index (χ4v) is 2.38. The van der Waals surface area contributed by atoms with E-state index in [9.17, 15) is 4.79 Å². The second-order valence-electron chi connectivity index (χ2n) is 4.61. The lowest BCUT2D eigenvalue weighted by Crippen LogP contribution is -2.20. The SMILES string of the molecule is O=C(O)c1cnc(NC2Cc3ccccc3C2)cn1. The second kappa shape index (κ2) is 4.68. The van der Waals surface area contributed by atoms with Crippen molar-refractivity contribution in [2.24, 2.45) is 0 Å². The van der Waals surface area contributed by atoms with Gasteiger partial charge < -0.3 is 10.4 Å². The molecule has 0 aliphatic heterocycles. The van der Waals surface area contributed by atoms with Gasteiger partial charge >= 0.3 is 5.97 Å². The number of carboxylic acid groups (broad SMARTS) is 1. The van der Waals surface area contributed by atoms with E-state index in [2.05, 4.69) is 27.4 Å². The van der Waals surface area contributed by atoms with Crippen LogP contribution < -0.4 is 5.32 Å². The molecule has 0 radical (unpaired) electrons. The summed E-state index contributed by atoms with van der Waals surface area (Å²) in [6.07, 6.45) is 4.65. The van der Waals surface area contributed by atoms with Crippen molar-refractivity contribution in [1.82, 2.24) is 9.97 Å². The van der Waals surface area contributed by atoms with Crippen LogP contribution in [0.3, 0.4) is 0 Å². The number of hydrogen-bond donors (Lipinski definition) is 2. The van der Waals surface area contributed by atoms with Gasteiger partial charge in [-0.3, -0.25) is 0 Å². The molecule has 0 atom stereocenters. The lowest BCUT2D eigenvalue weighted by molar-refractivity contribution is 0.0690. The molecule has 1 aromatic heterocycles. The average molecular weight is 255 g/mol. The molecule has 0 fully saturated rings. The molecular weight excluding hydrogens is 242 g/mol. The quantitative estimate of drug-likeness (QED) is 0.874. The average Bonchev–Trinajstić information content (AvgIpc) is 2.81. The third-order valence-corrected chi connectivity index (χ3v) is 3.27. The van der Waals surface area contributed by atoms with Crippen molar-refractivity contribution in [2.45, 2.75) is 18.9 Å². The van der Waals surface area contributed by atoms with Crippen molar-refractivity contribution >= 4 is 11.8 Å². The third-order valence-electron chi connectivity index (χ3n) is 3.27. The van der Waals surface area contributed by atoms with Crippen LogP contribution in [0.4, 0.5) is 5.82 Å². The zero-order chi connectivity index (χ0) is 13.2. The van der Waals surface area contributed by atoms with Crippen LogP contribution in [0, 0.1) is 0 Å². The monoisotopic (exact) mass is 255 g/mol. The summed E-state index contributed by atoms with van der Waals surface area (Å²) >= 11 is 0. The van der Waals surface area contributed by atoms with Crippen molar-refractivity contribution in [3.63, 3.8) is 0 Å². The first-order chi connectivity index (χ1) is 9.22. The minimum absolute atomic E-state index is 0.0414. The topological polar surface area (TPSA) is 75.1 Å². The van der Waals surface area contributed by atoms with E-state index in [4.69, 9.17) is 5.11 Å². The molecule has 0 saturated heterocycles. The summed E-state index contributed by atoms with van der Waals surface area (Å²) in [4.78, 5) is 18.6. The molecule has 2 aromatic rings. The summed E-state index contributed by atoms with van der Waals surface area (Å²) in [7, 11) is 0. The number of carboxylic acids is 1. The van der Waals surface area contributed by atoms with Gasteiger partial charge in [0.25, 0.3) is 0 Å². The van der Waals surface area contributed by atoms with Gasteiger partial charge in [0.1, 0.15) is 5.82 Å². The van der Waals surface area contributed by atoms with Crippen molar-refractivity contribution in [3.05, 3.63) is 53.5 Å². The Morgan fingerprint density at radius 3 is 2.37 bits per heavy atom. The van der Waals surface area contributed by atoms with Crippen LogP contribution in [0.2, 0.25) is 0 Å². The number of aromatic nitrogens is 2. The predicted molar refractivity (Wildman–Crippen MR) is 70.3 cm³/mol. The van der Waals surface area contributed by atoms with Gasteiger partial charge in [-0.1, -0.05) is 24.3 Å². The highest BCUT2D eigenvalue weighted by Crippen LogP contribution is 2.23. The number of nitrogens with zero attached hydrogens (tertiary/aromatic N) is 2. The summed E-state index contributed by atoms with van der Waals surface area (Å²) in [6.45, 7) is 0. The Kier molecular flexibility index (Phi) is 2.87. The normalized spacial score (nSPS) is 14.1. The van der Waals surface area contributed by atoms with E-state index in [-0.39, 0.29) is 5.69 Å². The number of rotatable bonds is 3. The van der Waals surface area contributed by atoms with E-state index < -0.39 is 5.97 Å². The number of nitrogens with one attached hydrogen (secondary N) is 1. The summed E-state index contributed by atoms with van der Waals surface area (Å²) < 4.78 is 0. The molecule has 1 aromatic carbocycles. The van der Waals surface area contributed by atoms with Crippen LogP contribution in [-0.4, -0.2) is 27.1 Å². The Hall–Kier alpha value is -2.43. The highest BCUT2D eigenvalue weighted by atomic mass is 16.4. The van der Waals surface area contributed by atoms with Crippen molar-refractivity contribution in [1.29, 1.82) is 0 Å². The van der Waals surface area contributed by atoms with E-state index in [1.54, 1.807) is 0 Å². The van der Waals surface area contributed by atoms with Gasteiger partial charge in [0.2, 0.25) is 0 Å². The van der Waals surface area contributed by atoms with Gasteiger partial charge in [0, 0.05) is 6.04 Å². The maximum Gasteiger partial charge on any atom is 0.356 e. The summed E-state index contributed by atoms with van der Waals surface area (Å²) in [6, 6.07) is 8.65. The molecule has 1 heterocycles. The zero-order valence-corrected chi connectivity index (χ0v) is 10.2. The molecule has 3 rings (SSSR count). The minimum Gasteiger partial charge on any atom is -0.476 e. The standard InChI is InChI=1S/C14H13N3O2/c18-14(19)12-7-16-13(8-15-12)17-11-5-9-3-1-2-4-10(9)6-11/h1-4,7-8,11H,5-6H2,(H,16,17)(H,18,19). The van der Waals surface area contributed by atoms with Crippen LogP contribution in [0.5, 0.6) is 0 Å². The van der Waals surface area contributed by atoms with Crippen LogP contribution in [0.25, 0.3) is 0 Å². The maximum absolute atomic E-state index is 10.7. The fraction of sp³-hybridized carbons (Fsp3) is 0.214. The molecule has 2 N–H and O–H groups in total. The number of aromatic carboxylic acids is 1. The van der Waals surface area contributed by atoms with E-state index in [0.29, 0.717) is 11.9 Å². The smallest absolute Gasteiger partial charge is 0.356 e. The number of hydrogen-bond acceptors (Lipinski definition) is 4. The van der Waals surface area contributed by atoms with Crippen molar-refractivity contribution in [2.75, 3.05) is 5.32 Å². The zero-order valence-electron chi connectivity index (χ0n) is 10.2. The molecule has 0 bridgehead atoms. The van der Waals surface area contributed by atoms with Gasteiger partial charge in [-0.05, 0) is 24.0 Å². The van der Waals surface area contributed by atoms with Crippen molar-refractivity contribution in [3.8, 4) is 0 Å². The van der Waals surface area contributed by atoms with E-state index >= 15 is 0 Å². The molecule has 1 aliphatic rings. The molecule has 5 heteroatoms. The maximum atomic E-state index is 10.7. The lowest BCUT2D eigenvalue weighted by atomic mass is 10.1. The number of anilines is 1. The van der Waals surface area contributed by atoms with Gasteiger partial charge in [-0.2, -0.15) is 0 Å². The van der Waals surface area contributed by atoms with E-state index in [1.165, 1.54) is 23.5 Å². The van der Waals surface area contributed by atoms with Crippen molar-refractivity contribution < 1.29 is 9.90 Å². The van der Waals surface area contributed by atoms with Gasteiger partial charge in [-0.15, -0.1) is 0 Å². The number of benzene rings is 1. The molecule has 19 heavy (non-hydrogen) atoms. The first-order valence-corrected chi connectivity index (χ1v) is 6.11. The molecule has 5 nitrogen and oxygen atoms in total. The number of carbonyl (C=O) groups is 1. The highest BCUT2D eigenvalue weighted by molar-refractivity contribution is 5.84. The first-order valence-electron chi connectivity index (χ1n) is 6.11. The summed E-state index contributed by atoms with van der Waals surface area (Å²) in [5.74, 6) is -0.449. The molecule has 0 saturated carbocycles. The molecule has 0 unspecified atom stereocenters. The Morgan fingerprint density at radius 2 is 1.84 bits per heavy atom. The molecule has 1 aliphatic carbocycles. The van der Waals surface area contributed by atoms with E-state index in [0.717, 1.165) is 12.8 Å². The third kappa shape index (κ3) is 2.40. The predicted octanol–water partition coefficient (Wildman–Crippen LogP) is 1.75. The van der Waals surface area contributed by atoms with Crippen LogP contribution in [-0.2, 0) is 12.8 Å². The number of fused-ring (bicyclic) bond motifs is 1. The van der Waals surface area contributed by atoms with Gasteiger partial charge in [0.15, 0.2) is 5.69 Å². The highest BCUT2D eigenvalue weighted by Gasteiger charge is 2.21. The Morgan fingerprint density at radius 1 is 1.16 bits per heavy atom. The van der Waals surface area contributed by atoms with E-state index in [1.807, 2.05) is 12.1 Å². The second-order valence-corrected chi connectivity index (χ2v) is 4.61. The molecular formula is C14H13N3O2. The van der Waals surface area contributed by atoms with Crippen LogP contribution in [0.15, 0.2) is 36.7 Å². The summed E-state index contributed by atoms with van der Waals surface area (Å²) in [5, 5.41) is 12.0.